The van der Waals surface area contributed by atoms with Crippen molar-refractivity contribution in [1.29, 1.82) is 0 Å². The van der Waals surface area contributed by atoms with Crippen LogP contribution in [0.4, 0.5) is 18.9 Å². The number of rotatable bonds is 5. The molecule has 0 atom stereocenters. The molecule has 3 aromatic rings. The number of hydrogen-bond donors (Lipinski definition) is 1. The molecule has 27 heavy (non-hydrogen) atoms. The van der Waals surface area contributed by atoms with E-state index in [4.69, 9.17) is 9.26 Å². The summed E-state index contributed by atoms with van der Waals surface area (Å²) in [4.78, 5) is 4.26. The van der Waals surface area contributed by atoms with E-state index < -0.39 is 22.9 Å². The van der Waals surface area contributed by atoms with Crippen molar-refractivity contribution >= 4 is 5.69 Å². The van der Waals surface area contributed by atoms with Gasteiger partial charge in [0.15, 0.2) is 5.82 Å². The normalized spacial score (nSPS) is 14.9. The summed E-state index contributed by atoms with van der Waals surface area (Å²) >= 11 is 0. The molecule has 1 aromatic heterocycles. The van der Waals surface area contributed by atoms with Crippen molar-refractivity contribution in [3.8, 4) is 17.2 Å². The van der Waals surface area contributed by atoms with Gasteiger partial charge in [-0.3, -0.25) is 0 Å². The van der Waals surface area contributed by atoms with E-state index >= 15 is 0 Å². The van der Waals surface area contributed by atoms with E-state index in [0.29, 0.717) is 29.8 Å². The molecular weight excluding hydrogens is 359 g/mol. The highest BCUT2D eigenvalue weighted by Gasteiger charge is 2.53. The Labute approximate surface area is 153 Å². The number of halogens is 3. The second-order valence-corrected chi connectivity index (χ2v) is 6.41. The number of aromatic nitrogens is 2. The van der Waals surface area contributed by atoms with Gasteiger partial charge in [-0.25, -0.2) is 13.2 Å². The Bertz CT molecular complexity index is 1020. The minimum Gasteiger partial charge on any atom is -0.496 e. The van der Waals surface area contributed by atoms with Crippen LogP contribution < -0.4 is 10.1 Å². The van der Waals surface area contributed by atoms with Gasteiger partial charge in [0.1, 0.15) is 23.2 Å². The third-order valence-corrected chi connectivity index (χ3v) is 4.81. The van der Waals surface area contributed by atoms with E-state index in [1.54, 1.807) is 13.1 Å². The maximum Gasteiger partial charge on any atom is 0.260 e. The Morgan fingerprint density at radius 3 is 2.52 bits per heavy atom. The lowest BCUT2D eigenvalue weighted by Gasteiger charge is -2.18. The standard InChI is InChI=1S/C19H16F3N3O2/c1-23-11-8-14(22)16(15(9-11)26-2)19(5-6-19)18-24-17(27-25-18)12-4-3-10(20)7-13(12)21/h3-4,7-9,23H,5-6H2,1-2H3. The van der Waals surface area contributed by atoms with Gasteiger partial charge < -0.3 is 14.6 Å². The van der Waals surface area contributed by atoms with E-state index in [2.05, 4.69) is 15.5 Å². The largest absolute Gasteiger partial charge is 0.496 e. The van der Waals surface area contributed by atoms with Gasteiger partial charge in [0.25, 0.3) is 5.89 Å². The Morgan fingerprint density at radius 2 is 1.89 bits per heavy atom. The Morgan fingerprint density at radius 1 is 1.11 bits per heavy atom. The lowest BCUT2D eigenvalue weighted by atomic mass is 9.93. The molecule has 0 bridgehead atoms. The van der Waals surface area contributed by atoms with Crippen LogP contribution in [0.3, 0.4) is 0 Å². The summed E-state index contributed by atoms with van der Waals surface area (Å²) in [6.07, 6.45) is 1.20. The third kappa shape index (κ3) is 2.81. The first-order valence-electron chi connectivity index (χ1n) is 8.34. The van der Waals surface area contributed by atoms with Crippen molar-refractivity contribution in [1.82, 2.24) is 10.1 Å². The first-order valence-corrected chi connectivity index (χ1v) is 8.34. The highest BCUT2D eigenvalue weighted by molar-refractivity contribution is 5.59. The topological polar surface area (TPSA) is 60.2 Å². The molecule has 0 spiro atoms. The lowest BCUT2D eigenvalue weighted by Crippen LogP contribution is -2.15. The summed E-state index contributed by atoms with van der Waals surface area (Å²) in [5.74, 6) is -1.43. The maximum absolute atomic E-state index is 14.8. The molecule has 0 amide bonds. The molecule has 1 aliphatic carbocycles. The summed E-state index contributed by atoms with van der Waals surface area (Å²) < 4.78 is 52.5. The van der Waals surface area contributed by atoms with Gasteiger partial charge in [0, 0.05) is 30.4 Å². The van der Waals surface area contributed by atoms with Crippen LogP contribution in [0.5, 0.6) is 5.75 Å². The number of nitrogens with one attached hydrogen (secondary N) is 1. The predicted octanol–water partition coefficient (Wildman–Crippen LogP) is 4.28. The van der Waals surface area contributed by atoms with E-state index in [9.17, 15) is 13.2 Å². The van der Waals surface area contributed by atoms with Crippen molar-refractivity contribution in [2.45, 2.75) is 18.3 Å². The van der Waals surface area contributed by atoms with Gasteiger partial charge in [-0.1, -0.05) is 5.16 Å². The third-order valence-electron chi connectivity index (χ3n) is 4.81. The monoisotopic (exact) mass is 375 g/mol. The zero-order valence-corrected chi connectivity index (χ0v) is 14.6. The van der Waals surface area contributed by atoms with E-state index in [0.717, 1.165) is 12.1 Å². The molecule has 1 saturated carbocycles. The fourth-order valence-corrected chi connectivity index (χ4v) is 3.25. The molecule has 1 N–H and O–H groups in total. The molecule has 0 aliphatic heterocycles. The smallest absolute Gasteiger partial charge is 0.260 e. The molecule has 140 valence electrons. The van der Waals surface area contributed by atoms with E-state index in [1.165, 1.54) is 19.2 Å². The van der Waals surface area contributed by atoms with Crippen molar-refractivity contribution in [3.63, 3.8) is 0 Å². The summed E-state index contributed by atoms with van der Waals surface area (Å²) in [5, 5.41) is 6.82. The Balaban J connectivity index is 1.78. The fraction of sp³-hybridized carbons (Fsp3) is 0.263. The van der Waals surface area contributed by atoms with Crippen molar-refractivity contribution in [3.05, 3.63) is 59.2 Å². The fourth-order valence-electron chi connectivity index (χ4n) is 3.25. The van der Waals surface area contributed by atoms with E-state index in [1.807, 2.05) is 0 Å². The van der Waals surface area contributed by atoms with Gasteiger partial charge in [0.05, 0.1) is 18.1 Å². The Kier molecular flexibility index (Phi) is 4.05. The number of benzene rings is 2. The van der Waals surface area contributed by atoms with Crippen LogP contribution in [0, 0.1) is 17.5 Å². The summed E-state index contributed by atoms with van der Waals surface area (Å²) in [6.45, 7) is 0. The summed E-state index contributed by atoms with van der Waals surface area (Å²) in [6, 6.07) is 6.14. The van der Waals surface area contributed by atoms with Gasteiger partial charge in [-0.15, -0.1) is 0 Å². The number of nitrogens with zero attached hydrogens (tertiary/aromatic N) is 2. The zero-order valence-electron chi connectivity index (χ0n) is 14.6. The average molecular weight is 375 g/mol. The molecule has 1 fully saturated rings. The van der Waals surface area contributed by atoms with Crippen LogP contribution in [0.15, 0.2) is 34.9 Å². The van der Waals surface area contributed by atoms with E-state index in [-0.39, 0.29) is 17.3 Å². The lowest BCUT2D eigenvalue weighted by molar-refractivity contribution is 0.393. The maximum atomic E-state index is 14.8. The quantitative estimate of drug-likeness (QED) is 0.721. The summed E-state index contributed by atoms with van der Waals surface area (Å²) in [7, 11) is 3.15. The Hall–Kier alpha value is -3.03. The van der Waals surface area contributed by atoms with Gasteiger partial charge in [-0.05, 0) is 31.0 Å². The second kappa shape index (κ2) is 6.29. The minimum absolute atomic E-state index is 0.0103. The molecule has 5 nitrogen and oxygen atoms in total. The molecule has 0 saturated heterocycles. The molecule has 4 rings (SSSR count). The number of hydrogen-bond acceptors (Lipinski definition) is 5. The second-order valence-electron chi connectivity index (χ2n) is 6.41. The first kappa shape index (κ1) is 17.4. The zero-order chi connectivity index (χ0) is 19.2. The average Bonchev–Trinajstić information content (AvgIpc) is 3.29. The molecule has 8 heteroatoms. The highest BCUT2D eigenvalue weighted by Crippen LogP contribution is 2.56. The van der Waals surface area contributed by atoms with Crippen LogP contribution in [0.1, 0.15) is 24.2 Å². The van der Waals surface area contributed by atoms with Crippen molar-refractivity contribution in [2.75, 3.05) is 19.5 Å². The SMILES string of the molecule is CNc1cc(F)c(C2(c3noc(-c4ccc(F)cc4F)n3)CC2)c(OC)c1. The number of methoxy groups -OCH3 is 1. The van der Waals surface area contributed by atoms with Crippen molar-refractivity contribution < 1.29 is 22.4 Å². The molecular formula is C19H16F3N3O2. The first-order chi connectivity index (χ1) is 13.0. The predicted molar refractivity (Wildman–Crippen MR) is 92.2 cm³/mol. The van der Waals surface area contributed by atoms with Crippen LogP contribution in [-0.4, -0.2) is 24.3 Å². The van der Waals surface area contributed by atoms with Crippen LogP contribution in [0.25, 0.3) is 11.5 Å². The summed E-state index contributed by atoms with van der Waals surface area (Å²) in [5.41, 5.74) is 0.117. The number of anilines is 1. The molecule has 2 aromatic carbocycles. The van der Waals surface area contributed by atoms with Gasteiger partial charge >= 0.3 is 0 Å². The molecule has 0 unspecified atom stereocenters. The molecule has 0 radical (unpaired) electrons. The van der Waals surface area contributed by atoms with Gasteiger partial charge in [-0.2, -0.15) is 4.98 Å². The van der Waals surface area contributed by atoms with Crippen LogP contribution in [0.2, 0.25) is 0 Å². The van der Waals surface area contributed by atoms with Gasteiger partial charge in [0.2, 0.25) is 0 Å². The highest BCUT2D eigenvalue weighted by atomic mass is 19.1. The van der Waals surface area contributed by atoms with Crippen LogP contribution >= 0.6 is 0 Å². The molecule has 1 heterocycles. The molecule has 1 aliphatic rings. The number of ether oxygens (including phenoxy) is 1. The van der Waals surface area contributed by atoms with Crippen molar-refractivity contribution in [2.24, 2.45) is 0 Å². The minimum atomic E-state index is -0.808. The van der Waals surface area contributed by atoms with Crippen LogP contribution in [-0.2, 0) is 5.41 Å².